The van der Waals surface area contributed by atoms with Crippen molar-refractivity contribution in [3.05, 3.63) is 11.9 Å². The molecular weight excluding hydrogens is 207 g/mol. The standard InChI is InChI=1S/C10H17BN2O3/c1-9(2,15)10(3,4)16-11-7-5-12-13-8(7)6-14/h5-6,11,15H,1-4H3,(H,12,13). The molecule has 0 fully saturated rings. The quantitative estimate of drug-likeness (QED) is 0.534. The summed E-state index contributed by atoms with van der Waals surface area (Å²) < 4.78 is 5.61. The van der Waals surface area contributed by atoms with Crippen molar-refractivity contribution < 1.29 is 14.6 Å². The second-order valence-corrected chi connectivity index (χ2v) is 4.77. The van der Waals surface area contributed by atoms with Crippen molar-refractivity contribution in [1.29, 1.82) is 0 Å². The van der Waals surface area contributed by atoms with E-state index < -0.39 is 11.2 Å². The number of aliphatic hydroxyl groups is 1. The molecule has 2 N–H and O–H groups in total. The van der Waals surface area contributed by atoms with E-state index in [0.29, 0.717) is 17.4 Å². The molecule has 5 nitrogen and oxygen atoms in total. The van der Waals surface area contributed by atoms with Crippen LogP contribution in [0.3, 0.4) is 0 Å². The highest BCUT2D eigenvalue weighted by atomic mass is 16.5. The number of hydrogen-bond donors (Lipinski definition) is 2. The summed E-state index contributed by atoms with van der Waals surface area (Å²) in [6.45, 7) is 6.97. The van der Waals surface area contributed by atoms with Crippen LogP contribution in [0.25, 0.3) is 0 Å². The minimum absolute atomic E-state index is 0.238. The van der Waals surface area contributed by atoms with Gasteiger partial charge in [-0.2, -0.15) is 5.10 Å². The van der Waals surface area contributed by atoms with Crippen molar-refractivity contribution in [2.75, 3.05) is 0 Å². The third-order valence-electron chi connectivity index (χ3n) is 2.93. The van der Waals surface area contributed by atoms with E-state index in [4.69, 9.17) is 4.65 Å². The number of carbonyl (C=O) groups excluding carboxylic acids is 1. The smallest absolute Gasteiger partial charge is 0.313 e. The maximum absolute atomic E-state index is 10.6. The van der Waals surface area contributed by atoms with E-state index in [2.05, 4.69) is 10.2 Å². The minimum Gasteiger partial charge on any atom is -0.427 e. The van der Waals surface area contributed by atoms with Crippen molar-refractivity contribution >= 4 is 19.2 Å². The summed E-state index contributed by atoms with van der Waals surface area (Å²) in [5, 5.41) is 16.2. The Labute approximate surface area is 95.5 Å². The van der Waals surface area contributed by atoms with Gasteiger partial charge in [0.25, 0.3) is 0 Å². The lowest BCUT2D eigenvalue weighted by molar-refractivity contribution is -0.0893. The van der Waals surface area contributed by atoms with Crippen molar-refractivity contribution in [3.63, 3.8) is 0 Å². The van der Waals surface area contributed by atoms with E-state index in [1.54, 1.807) is 33.9 Å². The van der Waals surface area contributed by atoms with Crippen LogP contribution in [-0.2, 0) is 4.65 Å². The summed E-state index contributed by atoms with van der Waals surface area (Å²) >= 11 is 0. The largest absolute Gasteiger partial charge is 0.427 e. The topological polar surface area (TPSA) is 75.2 Å². The fraction of sp³-hybridized carbons (Fsp3) is 0.600. The maximum atomic E-state index is 10.6. The summed E-state index contributed by atoms with van der Waals surface area (Å²) in [7, 11) is 0.238. The first-order valence-corrected chi connectivity index (χ1v) is 5.12. The van der Waals surface area contributed by atoms with Crippen LogP contribution in [0.4, 0.5) is 0 Å². The molecule has 0 spiro atoms. The molecule has 0 radical (unpaired) electrons. The molecule has 1 rings (SSSR count). The number of nitrogens with one attached hydrogen (secondary N) is 1. The van der Waals surface area contributed by atoms with Crippen molar-refractivity contribution in [1.82, 2.24) is 10.2 Å². The van der Waals surface area contributed by atoms with E-state index >= 15 is 0 Å². The molecule has 0 atom stereocenters. The Bertz CT molecular complexity index is 368. The zero-order chi connectivity index (χ0) is 12.4. The first kappa shape index (κ1) is 12.9. The molecule has 88 valence electrons. The zero-order valence-electron chi connectivity index (χ0n) is 10.1. The van der Waals surface area contributed by atoms with Crippen LogP contribution in [0, 0.1) is 0 Å². The molecule has 16 heavy (non-hydrogen) atoms. The Morgan fingerprint density at radius 3 is 2.62 bits per heavy atom. The highest BCUT2D eigenvalue weighted by Gasteiger charge is 2.35. The van der Waals surface area contributed by atoms with Gasteiger partial charge in [-0.3, -0.25) is 9.89 Å². The predicted octanol–water partition coefficient (Wildman–Crippen LogP) is -0.235. The number of rotatable bonds is 5. The lowest BCUT2D eigenvalue weighted by atomic mass is 9.83. The molecule has 0 aliphatic carbocycles. The Hall–Kier alpha value is -1.14. The van der Waals surface area contributed by atoms with Crippen LogP contribution < -0.4 is 5.46 Å². The maximum Gasteiger partial charge on any atom is 0.313 e. The minimum atomic E-state index is -0.960. The molecule has 0 bridgehead atoms. The Kier molecular flexibility index (Phi) is 3.55. The molecule has 0 aliphatic heterocycles. The van der Waals surface area contributed by atoms with Gasteiger partial charge in [-0.1, -0.05) is 0 Å². The molecule has 0 aromatic carbocycles. The van der Waals surface area contributed by atoms with Gasteiger partial charge in [-0.25, -0.2) is 0 Å². The third kappa shape index (κ3) is 2.71. The van der Waals surface area contributed by atoms with E-state index in [1.165, 1.54) is 0 Å². The SMILES string of the molecule is CC(C)(O)C(C)(C)OBc1c[nH]nc1C=O. The van der Waals surface area contributed by atoms with Gasteiger partial charge in [0, 0.05) is 6.20 Å². The van der Waals surface area contributed by atoms with E-state index in [1.807, 2.05) is 0 Å². The van der Waals surface area contributed by atoms with Crippen LogP contribution >= 0.6 is 0 Å². The molecule has 1 aromatic heterocycles. The van der Waals surface area contributed by atoms with Crippen LogP contribution in [0.5, 0.6) is 0 Å². The molecule has 0 amide bonds. The molecule has 1 aromatic rings. The number of hydrogen-bond acceptors (Lipinski definition) is 4. The Morgan fingerprint density at radius 2 is 2.12 bits per heavy atom. The first-order chi connectivity index (χ1) is 7.28. The Morgan fingerprint density at radius 1 is 1.50 bits per heavy atom. The summed E-state index contributed by atoms with van der Waals surface area (Å²) in [6.07, 6.45) is 2.29. The zero-order valence-corrected chi connectivity index (χ0v) is 10.1. The second-order valence-electron chi connectivity index (χ2n) is 4.77. The number of nitrogens with zero attached hydrogens (tertiary/aromatic N) is 1. The molecule has 0 unspecified atom stereocenters. The van der Waals surface area contributed by atoms with Crippen molar-refractivity contribution in [2.24, 2.45) is 0 Å². The average Bonchev–Trinajstić information content (AvgIpc) is 2.60. The first-order valence-electron chi connectivity index (χ1n) is 5.12. The normalized spacial score (nSPS) is 12.6. The van der Waals surface area contributed by atoms with Crippen LogP contribution in [0.2, 0.25) is 0 Å². The van der Waals surface area contributed by atoms with E-state index in [-0.39, 0.29) is 7.48 Å². The lowest BCUT2D eigenvalue weighted by Crippen LogP contribution is -2.49. The van der Waals surface area contributed by atoms with Gasteiger partial charge in [-0.05, 0) is 33.2 Å². The monoisotopic (exact) mass is 224 g/mol. The molecule has 0 aliphatic rings. The summed E-state index contributed by atoms with van der Waals surface area (Å²) in [5.74, 6) is 0. The fourth-order valence-electron chi connectivity index (χ4n) is 0.978. The van der Waals surface area contributed by atoms with E-state index in [0.717, 1.165) is 0 Å². The molecule has 6 heteroatoms. The van der Waals surface area contributed by atoms with Gasteiger partial charge in [0.1, 0.15) is 5.69 Å². The molecule has 0 saturated heterocycles. The highest BCUT2D eigenvalue weighted by molar-refractivity contribution is 6.48. The molecule has 1 heterocycles. The van der Waals surface area contributed by atoms with Gasteiger partial charge in [0.2, 0.25) is 0 Å². The number of aromatic nitrogens is 2. The summed E-state index contributed by atoms with van der Waals surface area (Å²) in [4.78, 5) is 10.6. The number of H-pyrrole nitrogens is 1. The van der Waals surface area contributed by atoms with Crippen molar-refractivity contribution in [2.45, 2.75) is 38.9 Å². The highest BCUT2D eigenvalue weighted by Crippen LogP contribution is 2.24. The van der Waals surface area contributed by atoms with Gasteiger partial charge >= 0.3 is 7.48 Å². The number of aromatic amines is 1. The van der Waals surface area contributed by atoms with Crippen LogP contribution in [0.1, 0.15) is 38.2 Å². The third-order valence-corrected chi connectivity index (χ3v) is 2.93. The van der Waals surface area contributed by atoms with Gasteiger partial charge in [0.05, 0.1) is 11.2 Å². The van der Waals surface area contributed by atoms with Crippen LogP contribution in [0.15, 0.2) is 6.20 Å². The van der Waals surface area contributed by atoms with Gasteiger partial charge in [0.15, 0.2) is 6.29 Å². The summed E-state index contributed by atoms with van der Waals surface area (Å²) in [6, 6.07) is 0. The number of carbonyl (C=O) groups is 1. The molecular formula is C10H17BN2O3. The lowest BCUT2D eigenvalue weighted by Gasteiger charge is -2.37. The Balaban J connectivity index is 2.68. The van der Waals surface area contributed by atoms with Gasteiger partial charge < -0.3 is 9.76 Å². The average molecular weight is 224 g/mol. The predicted molar refractivity (Wildman–Crippen MR) is 62.2 cm³/mol. The summed E-state index contributed by atoms with van der Waals surface area (Å²) in [5.41, 5.74) is -0.637. The molecule has 0 saturated carbocycles. The van der Waals surface area contributed by atoms with Gasteiger partial charge in [-0.15, -0.1) is 0 Å². The second kappa shape index (κ2) is 4.39. The fourth-order valence-corrected chi connectivity index (χ4v) is 0.978. The van der Waals surface area contributed by atoms with Crippen molar-refractivity contribution in [3.8, 4) is 0 Å². The van der Waals surface area contributed by atoms with E-state index in [9.17, 15) is 9.90 Å². The number of aldehydes is 1. The van der Waals surface area contributed by atoms with Crippen LogP contribution in [-0.4, -0.2) is 40.3 Å².